The van der Waals surface area contributed by atoms with Gasteiger partial charge in [-0.1, -0.05) is 0 Å². The van der Waals surface area contributed by atoms with Crippen LogP contribution in [0.5, 0.6) is 5.75 Å². The summed E-state index contributed by atoms with van der Waals surface area (Å²) in [6, 6.07) is 10.3. The van der Waals surface area contributed by atoms with Crippen molar-refractivity contribution in [1.82, 2.24) is 0 Å². The Labute approximate surface area is 232 Å². The number of aliphatic hydroxyl groups excluding tert-OH is 2. The van der Waals surface area contributed by atoms with Gasteiger partial charge in [-0.2, -0.15) is 0 Å². The largest absolute Gasteiger partial charge is 0.615 e. The monoisotopic (exact) mass is 562 g/mol. The second-order valence-electron chi connectivity index (χ2n) is 11.0. The average molecular weight is 563 g/mol. The molecule has 2 aromatic carbocycles. The maximum absolute atomic E-state index is 13.6. The molecule has 1 spiro atoms. The molecule has 9 nitrogen and oxygen atoms in total. The lowest BCUT2D eigenvalue weighted by molar-refractivity contribution is 0.102. The molecule has 11 heteroatoms. The molecule has 2 aliphatic rings. The van der Waals surface area contributed by atoms with Crippen LogP contribution in [0.1, 0.15) is 49.9 Å². The fourth-order valence-corrected chi connectivity index (χ4v) is 5.50. The second-order valence-corrected chi connectivity index (χ2v) is 12.6. The first kappa shape index (κ1) is 29.3. The Balaban J connectivity index is 1.56. The number of nitrogens with one attached hydrogen (secondary N) is 3. The van der Waals surface area contributed by atoms with Crippen LogP contribution in [0.2, 0.25) is 0 Å². The van der Waals surface area contributed by atoms with Gasteiger partial charge in [0.2, 0.25) is 6.86 Å². The smallest absolute Gasteiger partial charge is 0.257 e. The first-order chi connectivity index (χ1) is 18.7. The predicted molar refractivity (Wildman–Crippen MR) is 154 cm³/mol. The number of alkyl halides is 1. The van der Waals surface area contributed by atoms with Crippen LogP contribution < -0.4 is 25.6 Å². The first-order valence-corrected chi connectivity index (χ1v) is 14.8. The molecular weight excluding hydrogens is 523 g/mol. The minimum atomic E-state index is -1.20. The zero-order valence-corrected chi connectivity index (χ0v) is 23.4. The van der Waals surface area contributed by atoms with Gasteiger partial charge in [-0.05, 0) is 92.5 Å². The number of ether oxygens (including phenoxy) is 1. The third-order valence-electron chi connectivity index (χ3n) is 7.44. The van der Waals surface area contributed by atoms with Crippen LogP contribution in [0.4, 0.5) is 27.1 Å². The molecule has 1 aliphatic carbocycles. The maximum Gasteiger partial charge on any atom is 0.257 e. The molecule has 214 valence electrons. The molecule has 4 rings (SSSR count). The third kappa shape index (κ3) is 7.69. The summed E-state index contributed by atoms with van der Waals surface area (Å²) in [6.07, 6.45) is 4.74. The van der Waals surface area contributed by atoms with Gasteiger partial charge >= 0.3 is 0 Å². The number of carbonyl (C=O) groups excluding carboxylic acids is 1. The van der Waals surface area contributed by atoms with E-state index < -0.39 is 23.6 Å². The van der Waals surface area contributed by atoms with Gasteiger partial charge in [0.05, 0.1) is 35.7 Å². The highest BCUT2D eigenvalue weighted by Gasteiger charge is 2.44. The van der Waals surface area contributed by atoms with E-state index in [1.165, 1.54) is 12.8 Å². The van der Waals surface area contributed by atoms with Crippen LogP contribution in [0.3, 0.4) is 0 Å². The van der Waals surface area contributed by atoms with Gasteiger partial charge in [-0.15, -0.1) is 0 Å². The molecule has 1 amide bonds. The molecule has 2 aromatic rings. The highest BCUT2D eigenvalue weighted by Crippen LogP contribution is 2.54. The molecule has 0 radical (unpaired) electrons. The van der Waals surface area contributed by atoms with E-state index in [0.717, 1.165) is 37.3 Å². The number of hydrogen-bond donors (Lipinski definition) is 5. The van der Waals surface area contributed by atoms with Crippen molar-refractivity contribution < 1.29 is 28.7 Å². The zero-order valence-electron chi connectivity index (χ0n) is 22.6. The lowest BCUT2D eigenvalue weighted by atomic mass is 9.93. The van der Waals surface area contributed by atoms with E-state index >= 15 is 0 Å². The minimum absolute atomic E-state index is 0.135. The van der Waals surface area contributed by atoms with E-state index in [1.54, 1.807) is 44.2 Å². The summed E-state index contributed by atoms with van der Waals surface area (Å²) in [7, 11) is 0. The zero-order chi connectivity index (χ0) is 28.0. The number of piperidine rings is 1. The summed E-state index contributed by atoms with van der Waals surface area (Å²) in [4.78, 5) is 15.8. The van der Waals surface area contributed by atoms with Crippen LogP contribution in [0.15, 0.2) is 36.4 Å². The average Bonchev–Trinajstić information content (AvgIpc) is 3.68. The Morgan fingerprint density at radius 1 is 1.13 bits per heavy atom. The van der Waals surface area contributed by atoms with Gasteiger partial charge < -0.3 is 40.4 Å². The van der Waals surface area contributed by atoms with Crippen molar-refractivity contribution in [3.8, 4) is 5.75 Å². The van der Waals surface area contributed by atoms with E-state index in [4.69, 9.17) is 9.84 Å². The number of amides is 1. The Morgan fingerprint density at radius 3 is 2.49 bits per heavy atom. The molecule has 1 saturated heterocycles. The van der Waals surface area contributed by atoms with Gasteiger partial charge in [0.15, 0.2) is 5.88 Å². The van der Waals surface area contributed by atoms with Crippen molar-refractivity contribution in [3.05, 3.63) is 42.0 Å². The highest BCUT2D eigenvalue weighted by molar-refractivity contribution is 7.91. The molecule has 5 N–H and O–H groups in total. The van der Waals surface area contributed by atoms with Crippen LogP contribution in [0, 0.1) is 5.41 Å². The summed E-state index contributed by atoms with van der Waals surface area (Å²) in [5.74, 6) is 0.394. The highest BCUT2D eigenvalue weighted by atomic mass is 32.2. The first-order valence-electron chi connectivity index (χ1n) is 13.3. The number of benzene rings is 2. The van der Waals surface area contributed by atoms with Gasteiger partial charge in [0.25, 0.3) is 5.91 Å². The van der Waals surface area contributed by atoms with Crippen molar-refractivity contribution in [3.63, 3.8) is 0 Å². The minimum Gasteiger partial charge on any atom is -0.615 e. The van der Waals surface area contributed by atoms with Crippen LogP contribution in [0.25, 0.3) is 0 Å². The van der Waals surface area contributed by atoms with Gasteiger partial charge in [-0.3, -0.25) is 4.79 Å². The summed E-state index contributed by atoms with van der Waals surface area (Å²) < 4.78 is 30.1. The molecule has 2 fully saturated rings. The number of carbonyl (C=O) groups is 1. The summed E-state index contributed by atoms with van der Waals surface area (Å²) in [5, 5.41) is 27.9. The third-order valence-corrected chi connectivity index (χ3v) is 8.54. The topological polar surface area (TPSA) is 129 Å². The quantitative estimate of drug-likeness (QED) is 0.233. The standard InChI is InChI=1S/C28H39FN4O5S/c1-27(2,17-35)32-23-15-21(4-6-25(23)38-18-29)31-26(36)22-5-3-20(30-19-39(37)14-13-34)16-24(22)33-11-9-28(7-8-28)10-12-33/h3-6,15-16,30,32,34-35H,7-14,17-19H2,1-2H3,(H,31,36). The molecule has 1 aliphatic heterocycles. The molecule has 1 saturated carbocycles. The normalized spacial score (nSPS) is 17.0. The van der Waals surface area contributed by atoms with Crippen molar-refractivity contribution in [2.24, 2.45) is 5.41 Å². The number of aliphatic hydroxyl groups is 2. The summed E-state index contributed by atoms with van der Waals surface area (Å²) >= 11 is -1.20. The van der Waals surface area contributed by atoms with E-state index in [1.807, 2.05) is 6.07 Å². The molecule has 1 heterocycles. The van der Waals surface area contributed by atoms with Crippen LogP contribution >= 0.6 is 0 Å². The molecular formula is C28H39FN4O5S. The number of rotatable bonds is 13. The van der Waals surface area contributed by atoms with Gasteiger partial charge in [0.1, 0.15) is 11.5 Å². The van der Waals surface area contributed by atoms with E-state index in [0.29, 0.717) is 22.4 Å². The van der Waals surface area contributed by atoms with Gasteiger partial charge in [0, 0.05) is 24.5 Å². The second kappa shape index (κ2) is 12.6. The van der Waals surface area contributed by atoms with Gasteiger partial charge in [-0.25, -0.2) is 4.39 Å². The van der Waals surface area contributed by atoms with Crippen molar-refractivity contribution >= 4 is 39.8 Å². The predicted octanol–water partition coefficient (Wildman–Crippen LogP) is 3.92. The van der Waals surface area contributed by atoms with Crippen molar-refractivity contribution in [2.45, 2.75) is 45.1 Å². The molecule has 1 atom stereocenters. The maximum atomic E-state index is 13.6. The Hall–Kier alpha value is -2.73. The van der Waals surface area contributed by atoms with Crippen LogP contribution in [-0.4, -0.2) is 71.0 Å². The molecule has 0 bridgehead atoms. The Bertz CT molecular complexity index is 1140. The number of anilines is 4. The van der Waals surface area contributed by atoms with Crippen molar-refractivity contribution in [1.29, 1.82) is 0 Å². The molecule has 39 heavy (non-hydrogen) atoms. The lowest BCUT2D eigenvalue weighted by Gasteiger charge is -2.35. The number of halogens is 1. The molecule has 1 unspecified atom stereocenters. The fraction of sp³-hybridized carbons (Fsp3) is 0.536. The molecule has 0 aromatic heterocycles. The Kier molecular flexibility index (Phi) is 9.47. The van der Waals surface area contributed by atoms with Crippen molar-refractivity contribution in [2.75, 3.05) is 65.6 Å². The summed E-state index contributed by atoms with van der Waals surface area (Å²) in [6.45, 7) is 4.01. The van der Waals surface area contributed by atoms with Crippen LogP contribution in [-0.2, 0) is 11.2 Å². The fourth-order valence-electron chi connectivity index (χ4n) is 4.82. The summed E-state index contributed by atoms with van der Waals surface area (Å²) in [5.41, 5.74) is 2.80. The van der Waals surface area contributed by atoms with E-state index in [2.05, 4.69) is 20.9 Å². The van der Waals surface area contributed by atoms with E-state index in [9.17, 15) is 18.8 Å². The Morgan fingerprint density at radius 2 is 1.85 bits per heavy atom. The SMILES string of the molecule is CC(C)(CO)Nc1cc(NC(=O)c2ccc(NC[S+]([O-])CCO)cc2N2CCC3(CC2)CC3)ccc1OCF. The lowest BCUT2D eigenvalue weighted by Crippen LogP contribution is -2.36. The van der Waals surface area contributed by atoms with E-state index in [-0.39, 0.29) is 36.5 Å². The number of nitrogens with zero attached hydrogens (tertiary/aromatic N) is 1. The number of hydrogen-bond acceptors (Lipinski definition) is 8.